The number of hydrogen-bond donors (Lipinski definition) is 0. The second kappa shape index (κ2) is 8.08. The van der Waals surface area contributed by atoms with E-state index >= 15 is 0 Å². The summed E-state index contributed by atoms with van der Waals surface area (Å²) in [6.07, 6.45) is 7.55. The van der Waals surface area contributed by atoms with Crippen molar-refractivity contribution in [2.24, 2.45) is 10.2 Å². The molecule has 0 spiro atoms. The molecule has 2 heteroatoms. The van der Waals surface area contributed by atoms with Crippen molar-refractivity contribution in [3.63, 3.8) is 0 Å². The highest BCUT2D eigenvalue weighted by atomic mass is 15.2. The smallest absolute Gasteiger partial charge is 0.0570 e. The highest BCUT2D eigenvalue weighted by molar-refractivity contribution is 5.83. The van der Waals surface area contributed by atoms with Gasteiger partial charge in [-0.25, -0.2) is 0 Å². The number of rotatable bonds is 6. The van der Waals surface area contributed by atoms with Crippen LogP contribution in [0.2, 0.25) is 0 Å². The molecule has 0 aliphatic heterocycles. The van der Waals surface area contributed by atoms with Gasteiger partial charge in [-0.2, -0.15) is 10.2 Å². The molecule has 0 bridgehead atoms. The molecule has 0 saturated carbocycles. The normalized spacial score (nSPS) is 11.4. The second-order valence-corrected chi connectivity index (χ2v) is 5.42. The Bertz CT molecular complexity index is 679. The summed E-state index contributed by atoms with van der Waals surface area (Å²) in [5, 5.41) is 8.25. The third kappa shape index (κ3) is 4.81. The van der Waals surface area contributed by atoms with Crippen molar-refractivity contribution in [2.75, 3.05) is 0 Å². The summed E-state index contributed by atoms with van der Waals surface area (Å²) < 4.78 is 0. The number of nitrogens with zero attached hydrogens (tertiary/aromatic N) is 2. The van der Waals surface area contributed by atoms with Crippen LogP contribution in [0.3, 0.4) is 0 Å². The van der Waals surface area contributed by atoms with Crippen molar-refractivity contribution in [2.45, 2.75) is 26.7 Å². The van der Waals surface area contributed by atoms with Gasteiger partial charge in [0, 0.05) is 0 Å². The minimum Gasteiger partial charge on any atom is -0.159 e. The van der Waals surface area contributed by atoms with Gasteiger partial charge in [0.1, 0.15) is 0 Å². The molecule has 0 amide bonds. The van der Waals surface area contributed by atoms with E-state index < -0.39 is 0 Å². The van der Waals surface area contributed by atoms with Crippen molar-refractivity contribution >= 4 is 12.4 Å². The topological polar surface area (TPSA) is 24.7 Å². The van der Waals surface area contributed by atoms with E-state index in [-0.39, 0.29) is 0 Å². The molecule has 0 fully saturated rings. The summed E-state index contributed by atoms with van der Waals surface area (Å²) >= 11 is 0. The van der Waals surface area contributed by atoms with Gasteiger partial charge >= 0.3 is 0 Å². The maximum Gasteiger partial charge on any atom is 0.0570 e. The van der Waals surface area contributed by atoms with Gasteiger partial charge in [0.2, 0.25) is 0 Å². The lowest BCUT2D eigenvalue weighted by Gasteiger charge is -2.00. The third-order valence-corrected chi connectivity index (χ3v) is 3.51. The average Bonchev–Trinajstić information content (AvgIpc) is 2.52. The molecular formula is C20H22N2. The van der Waals surface area contributed by atoms with Gasteiger partial charge < -0.3 is 0 Å². The molecular weight excluding hydrogens is 268 g/mol. The Morgan fingerprint density at radius 1 is 0.955 bits per heavy atom. The summed E-state index contributed by atoms with van der Waals surface area (Å²) in [5.74, 6) is 0. The molecule has 2 aromatic rings. The fourth-order valence-electron chi connectivity index (χ4n) is 2.21. The number of hydrogen-bond acceptors (Lipinski definition) is 2. The maximum atomic E-state index is 4.13. The lowest BCUT2D eigenvalue weighted by Crippen LogP contribution is -1.88. The van der Waals surface area contributed by atoms with Crippen molar-refractivity contribution in [3.8, 4) is 0 Å². The molecule has 0 N–H and O–H groups in total. The Morgan fingerprint density at radius 2 is 1.68 bits per heavy atom. The quantitative estimate of drug-likeness (QED) is 0.412. The zero-order valence-electron chi connectivity index (χ0n) is 13.3. The Morgan fingerprint density at radius 3 is 2.36 bits per heavy atom. The minimum atomic E-state index is 1.01. The molecule has 112 valence electrons. The zero-order valence-corrected chi connectivity index (χ0v) is 13.3. The lowest BCUT2D eigenvalue weighted by atomic mass is 10.1. The van der Waals surface area contributed by atoms with Crippen molar-refractivity contribution in [1.82, 2.24) is 0 Å². The van der Waals surface area contributed by atoms with Crippen LogP contribution >= 0.6 is 0 Å². The summed E-state index contributed by atoms with van der Waals surface area (Å²) in [7, 11) is 0. The first kappa shape index (κ1) is 15.9. The van der Waals surface area contributed by atoms with E-state index in [9.17, 15) is 0 Å². The molecule has 0 saturated heterocycles. The van der Waals surface area contributed by atoms with E-state index in [1.807, 2.05) is 6.08 Å². The Hall–Kier alpha value is -2.48. The van der Waals surface area contributed by atoms with Crippen molar-refractivity contribution in [1.29, 1.82) is 0 Å². The van der Waals surface area contributed by atoms with E-state index in [0.717, 1.165) is 24.0 Å². The monoisotopic (exact) mass is 290 g/mol. The zero-order chi connectivity index (χ0) is 15.8. The van der Waals surface area contributed by atoms with Crippen molar-refractivity contribution < 1.29 is 0 Å². The van der Waals surface area contributed by atoms with Crippen LogP contribution in [-0.4, -0.2) is 12.4 Å². The Kier molecular flexibility index (Phi) is 5.84. The predicted octanol–water partition coefficient (Wildman–Crippen LogP) is 4.88. The fourth-order valence-corrected chi connectivity index (χ4v) is 2.21. The maximum absolute atomic E-state index is 4.13. The van der Waals surface area contributed by atoms with E-state index in [0.29, 0.717) is 0 Å². The number of aryl methyl sites for hydroxylation is 3. The van der Waals surface area contributed by atoms with Crippen LogP contribution < -0.4 is 0 Å². The highest BCUT2D eigenvalue weighted by Gasteiger charge is 1.94. The first-order chi connectivity index (χ1) is 10.7. The van der Waals surface area contributed by atoms with Crippen LogP contribution in [-0.2, 0) is 6.42 Å². The van der Waals surface area contributed by atoms with Gasteiger partial charge in [-0.1, -0.05) is 54.1 Å². The molecule has 0 radical (unpaired) electrons. The van der Waals surface area contributed by atoms with Gasteiger partial charge in [0.15, 0.2) is 0 Å². The minimum absolute atomic E-state index is 1.01. The molecule has 0 aromatic heterocycles. The highest BCUT2D eigenvalue weighted by Crippen LogP contribution is 2.08. The molecule has 0 atom stereocenters. The fraction of sp³-hybridized carbons (Fsp3) is 0.200. The second-order valence-electron chi connectivity index (χ2n) is 5.42. The summed E-state index contributed by atoms with van der Waals surface area (Å²) in [4.78, 5) is 0. The first-order valence-corrected chi connectivity index (χ1v) is 7.52. The number of benzene rings is 2. The largest absolute Gasteiger partial charge is 0.159 e. The van der Waals surface area contributed by atoms with Crippen molar-refractivity contribution in [3.05, 3.63) is 82.9 Å². The van der Waals surface area contributed by atoms with Gasteiger partial charge in [-0.15, -0.1) is 6.58 Å². The van der Waals surface area contributed by atoms with E-state index in [1.165, 1.54) is 16.7 Å². The Balaban J connectivity index is 1.96. The molecule has 0 heterocycles. The van der Waals surface area contributed by atoms with E-state index in [4.69, 9.17) is 0 Å². The van der Waals surface area contributed by atoms with Crippen LogP contribution in [0.4, 0.5) is 0 Å². The molecule has 0 aliphatic carbocycles. The van der Waals surface area contributed by atoms with Gasteiger partial charge in [0.05, 0.1) is 12.4 Å². The van der Waals surface area contributed by atoms with E-state index in [1.54, 1.807) is 12.4 Å². The summed E-state index contributed by atoms with van der Waals surface area (Å²) in [6, 6.07) is 14.7. The SMILES string of the molecule is C=CCCc1ccc(/C=N/N=C/c2ccc(C)cc2C)cc1. The summed E-state index contributed by atoms with van der Waals surface area (Å²) in [5.41, 5.74) is 5.94. The van der Waals surface area contributed by atoms with E-state index in [2.05, 4.69) is 73.1 Å². The molecule has 2 aromatic carbocycles. The van der Waals surface area contributed by atoms with Gasteiger partial charge in [-0.05, 0) is 48.9 Å². The standard InChI is InChI=1S/C20H22N2/c1-4-5-6-18-8-10-19(11-9-18)14-21-22-15-20-12-7-16(2)13-17(20)3/h4,7-15H,1,5-6H2,2-3H3/b21-14+,22-15+. The summed E-state index contributed by atoms with van der Waals surface area (Å²) in [6.45, 7) is 7.91. The van der Waals surface area contributed by atoms with Crippen LogP contribution in [0.5, 0.6) is 0 Å². The van der Waals surface area contributed by atoms with Crippen LogP contribution in [0.15, 0.2) is 65.3 Å². The average molecular weight is 290 g/mol. The Labute approximate surface area is 132 Å². The molecule has 2 nitrogen and oxygen atoms in total. The molecule has 0 aliphatic rings. The van der Waals surface area contributed by atoms with Gasteiger partial charge in [-0.3, -0.25) is 0 Å². The number of allylic oxidation sites excluding steroid dienone is 1. The van der Waals surface area contributed by atoms with Crippen LogP contribution in [0.25, 0.3) is 0 Å². The lowest BCUT2D eigenvalue weighted by molar-refractivity contribution is 1.00. The molecule has 22 heavy (non-hydrogen) atoms. The van der Waals surface area contributed by atoms with Gasteiger partial charge in [0.25, 0.3) is 0 Å². The van der Waals surface area contributed by atoms with Crippen LogP contribution in [0, 0.1) is 13.8 Å². The third-order valence-electron chi connectivity index (χ3n) is 3.51. The molecule has 0 unspecified atom stereocenters. The molecule has 2 rings (SSSR count). The first-order valence-electron chi connectivity index (χ1n) is 7.52. The van der Waals surface area contributed by atoms with Crippen LogP contribution in [0.1, 0.15) is 34.2 Å². The predicted molar refractivity (Wildman–Crippen MR) is 96.1 cm³/mol.